The molecular formula is C11H13F5O2Si. The zero-order valence-corrected chi connectivity index (χ0v) is 11.6. The van der Waals surface area contributed by atoms with Gasteiger partial charge >= 0.3 is 0 Å². The Bertz CT molecular complexity index is 450. The fraction of sp³-hybridized carbons (Fsp3) is 0.455. The summed E-state index contributed by atoms with van der Waals surface area (Å²) in [6, 6.07) is 0. The molecule has 1 rings (SSSR count). The minimum absolute atomic E-state index is 0.223. The van der Waals surface area contributed by atoms with Gasteiger partial charge in [-0.3, -0.25) is 0 Å². The zero-order chi connectivity index (χ0) is 14.8. The molecule has 0 N–H and O–H groups in total. The van der Waals surface area contributed by atoms with Crippen molar-refractivity contribution in [1.29, 1.82) is 0 Å². The first kappa shape index (κ1) is 15.9. The van der Waals surface area contributed by atoms with Gasteiger partial charge in [-0.05, 0) is 20.0 Å². The van der Waals surface area contributed by atoms with Crippen LogP contribution in [-0.4, -0.2) is 21.2 Å². The molecule has 2 nitrogen and oxygen atoms in total. The van der Waals surface area contributed by atoms with Crippen LogP contribution in [0.25, 0.3) is 0 Å². The van der Waals surface area contributed by atoms with Crippen LogP contribution in [0.3, 0.4) is 0 Å². The van der Waals surface area contributed by atoms with Crippen LogP contribution >= 0.6 is 0 Å². The lowest BCUT2D eigenvalue weighted by molar-refractivity contribution is 0.259. The highest BCUT2D eigenvalue weighted by atomic mass is 28.4. The highest BCUT2D eigenvalue weighted by Gasteiger charge is 2.30. The van der Waals surface area contributed by atoms with E-state index in [2.05, 4.69) is 0 Å². The molecule has 0 aliphatic rings. The molecule has 0 aliphatic carbocycles. The summed E-state index contributed by atoms with van der Waals surface area (Å²) in [4.78, 5) is 0. The predicted molar refractivity (Wildman–Crippen MR) is 60.8 cm³/mol. The summed E-state index contributed by atoms with van der Waals surface area (Å²) in [7, 11) is -2.37. The number of ether oxygens (including phenoxy) is 1. The molecular weight excluding hydrogens is 287 g/mol. The van der Waals surface area contributed by atoms with Gasteiger partial charge in [-0.1, -0.05) is 0 Å². The molecule has 0 amide bonds. The summed E-state index contributed by atoms with van der Waals surface area (Å²) < 4.78 is 75.3. The second-order valence-corrected chi connectivity index (χ2v) is 8.48. The topological polar surface area (TPSA) is 18.5 Å². The van der Waals surface area contributed by atoms with E-state index in [1.807, 2.05) is 0 Å². The first-order valence-electron chi connectivity index (χ1n) is 5.49. The van der Waals surface area contributed by atoms with Crippen LogP contribution in [0.1, 0.15) is 6.92 Å². The van der Waals surface area contributed by atoms with E-state index in [-0.39, 0.29) is 6.23 Å². The Labute approximate surface area is 108 Å². The molecule has 0 radical (unpaired) electrons. The molecule has 0 aliphatic heterocycles. The highest BCUT2D eigenvalue weighted by Crippen LogP contribution is 2.29. The van der Waals surface area contributed by atoms with Crippen molar-refractivity contribution >= 4 is 8.32 Å². The number of halogens is 5. The van der Waals surface area contributed by atoms with Crippen molar-refractivity contribution in [3.8, 4) is 5.75 Å². The van der Waals surface area contributed by atoms with Crippen LogP contribution in [-0.2, 0) is 4.43 Å². The van der Waals surface area contributed by atoms with Crippen molar-refractivity contribution in [3.05, 3.63) is 29.1 Å². The van der Waals surface area contributed by atoms with Crippen LogP contribution in [0.4, 0.5) is 22.0 Å². The standard InChI is InChI=1S/C11H13F5O2Si/c1-4-18-19(2,3)5-17-11-9(15)7(13)6(12)8(14)10(11)16/h4-5H2,1-3H3. The first-order valence-corrected chi connectivity index (χ1v) is 8.61. The maximum atomic E-state index is 13.3. The maximum Gasteiger partial charge on any atom is 0.224 e. The summed E-state index contributed by atoms with van der Waals surface area (Å²) in [6.07, 6.45) is -0.223. The van der Waals surface area contributed by atoms with E-state index >= 15 is 0 Å². The van der Waals surface area contributed by atoms with Gasteiger partial charge in [0, 0.05) is 6.61 Å². The second kappa shape index (κ2) is 5.87. The SMILES string of the molecule is CCO[Si](C)(C)COc1c(F)c(F)c(F)c(F)c1F. The first-order chi connectivity index (χ1) is 8.71. The van der Waals surface area contributed by atoms with Gasteiger partial charge in [-0.15, -0.1) is 0 Å². The molecule has 0 atom stereocenters. The van der Waals surface area contributed by atoms with E-state index in [0.717, 1.165) is 0 Å². The molecule has 0 aromatic heterocycles. The minimum atomic E-state index is -2.37. The van der Waals surface area contributed by atoms with E-state index in [1.165, 1.54) is 0 Å². The molecule has 0 bridgehead atoms. The zero-order valence-electron chi connectivity index (χ0n) is 10.6. The van der Waals surface area contributed by atoms with Crippen LogP contribution in [0.5, 0.6) is 5.75 Å². The molecule has 1 aromatic rings. The van der Waals surface area contributed by atoms with Crippen molar-refractivity contribution in [2.24, 2.45) is 0 Å². The fourth-order valence-electron chi connectivity index (χ4n) is 1.39. The lowest BCUT2D eigenvalue weighted by atomic mass is 10.3. The second-order valence-electron chi connectivity index (χ2n) is 4.38. The van der Waals surface area contributed by atoms with Gasteiger partial charge < -0.3 is 9.16 Å². The molecule has 108 valence electrons. The fourth-order valence-corrected chi connectivity index (χ4v) is 2.75. The Balaban J connectivity index is 3.03. The average Bonchev–Trinajstić information content (AvgIpc) is 2.34. The third kappa shape index (κ3) is 3.44. The molecule has 0 saturated carbocycles. The Morgan fingerprint density at radius 1 is 0.842 bits per heavy atom. The van der Waals surface area contributed by atoms with E-state index in [9.17, 15) is 22.0 Å². The van der Waals surface area contributed by atoms with Crippen molar-refractivity contribution < 1.29 is 31.1 Å². The Hall–Kier alpha value is -1.15. The Morgan fingerprint density at radius 3 is 1.68 bits per heavy atom. The molecule has 0 heterocycles. The highest BCUT2D eigenvalue weighted by molar-refractivity contribution is 6.71. The van der Waals surface area contributed by atoms with Crippen molar-refractivity contribution in [3.63, 3.8) is 0 Å². The van der Waals surface area contributed by atoms with E-state index < -0.39 is 43.2 Å². The number of benzene rings is 1. The summed E-state index contributed by atoms with van der Waals surface area (Å²) in [5.74, 6) is -11.5. The average molecular weight is 300 g/mol. The summed E-state index contributed by atoms with van der Waals surface area (Å²) in [5.41, 5.74) is 0. The number of rotatable bonds is 5. The molecule has 0 unspecified atom stereocenters. The molecule has 1 aromatic carbocycles. The van der Waals surface area contributed by atoms with Gasteiger partial charge in [0.25, 0.3) is 0 Å². The van der Waals surface area contributed by atoms with E-state index in [4.69, 9.17) is 9.16 Å². The molecule has 0 fully saturated rings. The van der Waals surface area contributed by atoms with Crippen LogP contribution in [0.2, 0.25) is 13.1 Å². The van der Waals surface area contributed by atoms with Crippen molar-refractivity contribution in [2.75, 3.05) is 12.8 Å². The lowest BCUT2D eigenvalue weighted by Crippen LogP contribution is -2.38. The summed E-state index contributed by atoms with van der Waals surface area (Å²) in [6.45, 7) is 5.50. The maximum absolute atomic E-state index is 13.3. The van der Waals surface area contributed by atoms with Crippen molar-refractivity contribution in [1.82, 2.24) is 0 Å². The third-order valence-corrected chi connectivity index (χ3v) is 4.18. The normalized spacial score (nSPS) is 11.8. The monoisotopic (exact) mass is 300 g/mol. The molecule has 0 spiro atoms. The Kier molecular flexibility index (Phi) is 4.91. The Morgan fingerprint density at radius 2 is 1.26 bits per heavy atom. The third-order valence-electron chi connectivity index (χ3n) is 2.27. The number of hydrogen-bond donors (Lipinski definition) is 0. The van der Waals surface area contributed by atoms with Crippen LogP contribution < -0.4 is 4.74 Å². The van der Waals surface area contributed by atoms with Crippen molar-refractivity contribution in [2.45, 2.75) is 20.0 Å². The smallest absolute Gasteiger partial charge is 0.224 e. The van der Waals surface area contributed by atoms with Gasteiger partial charge in [0.15, 0.2) is 5.75 Å². The van der Waals surface area contributed by atoms with E-state index in [0.29, 0.717) is 6.61 Å². The predicted octanol–water partition coefficient (Wildman–Crippen LogP) is 3.54. The largest absolute Gasteiger partial charge is 0.488 e. The molecule has 0 saturated heterocycles. The number of hydrogen-bond acceptors (Lipinski definition) is 2. The van der Waals surface area contributed by atoms with E-state index in [1.54, 1.807) is 20.0 Å². The van der Waals surface area contributed by atoms with Crippen LogP contribution in [0, 0.1) is 29.1 Å². The minimum Gasteiger partial charge on any atom is -0.488 e. The van der Waals surface area contributed by atoms with Gasteiger partial charge in [0.2, 0.25) is 37.4 Å². The summed E-state index contributed by atoms with van der Waals surface area (Å²) in [5, 5.41) is 0. The van der Waals surface area contributed by atoms with Gasteiger partial charge in [-0.2, -0.15) is 8.78 Å². The quantitative estimate of drug-likeness (QED) is 0.358. The van der Waals surface area contributed by atoms with Gasteiger partial charge in [0.1, 0.15) is 6.23 Å². The van der Waals surface area contributed by atoms with Crippen LogP contribution in [0.15, 0.2) is 0 Å². The molecule has 8 heteroatoms. The summed E-state index contributed by atoms with van der Waals surface area (Å²) >= 11 is 0. The molecule has 19 heavy (non-hydrogen) atoms. The van der Waals surface area contributed by atoms with Gasteiger partial charge in [-0.25, -0.2) is 13.2 Å². The lowest BCUT2D eigenvalue weighted by Gasteiger charge is -2.22. The van der Waals surface area contributed by atoms with Gasteiger partial charge in [0.05, 0.1) is 0 Å².